The number of likely N-dealkylation sites (N-methyl/N-ethyl adjacent to an activating group) is 2. The van der Waals surface area contributed by atoms with Gasteiger partial charge in [-0.15, -0.1) is 0 Å². The molecule has 0 spiro atoms. The molecule has 0 aliphatic rings. The molecule has 0 aliphatic carbocycles. The summed E-state index contributed by atoms with van der Waals surface area (Å²) in [6.45, 7) is 10.0. The minimum absolute atomic E-state index is 0.169. The third kappa shape index (κ3) is 11.7. The lowest BCUT2D eigenvalue weighted by Crippen LogP contribution is -2.59. The first-order chi connectivity index (χ1) is 15.4. The maximum atomic E-state index is 13.5. The molecule has 0 saturated carbocycles. The van der Waals surface area contributed by atoms with Crippen molar-refractivity contribution in [3.05, 3.63) is 0 Å². The number of nitrogens with zero attached hydrogens (tertiary/aromatic N) is 2. The fourth-order valence-corrected chi connectivity index (χ4v) is 4.22. The van der Waals surface area contributed by atoms with E-state index >= 15 is 0 Å². The predicted octanol–water partition coefficient (Wildman–Crippen LogP) is 6.59. The maximum absolute atomic E-state index is 13.5. The maximum Gasteiger partial charge on any atom is 0.264 e. The molecule has 0 atom stereocenters. The summed E-state index contributed by atoms with van der Waals surface area (Å²) in [5.74, 6) is -0.339. The van der Waals surface area contributed by atoms with Crippen molar-refractivity contribution in [1.82, 2.24) is 9.80 Å². The Morgan fingerprint density at radius 1 is 0.594 bits per heavy atom. The molecule has 5 nitrogen and oxygen atoms in total. The van der Waals surface area contributed by atoms with Gasteiger partial charge in [0.2, 0.25) is 5.60 Å². The Hall–Kier alpha value is -1.10. The first-order valence-corrected chi connectivity index (χ1v) is 13.6. The largest absolute Gasteiger partial charge is 0.356 e. The third-order valence-corrected chi connectivity index (χ3v) is 6.35. The molecule has 0 saturated heterocycles. The van der Waals surface area contributed by atoms with E-state index in [4.69, 9.17) is 4.74 Å². The first-order valence-electron chi connectivity index (χ1n) is 13.6. The van der Waals surface area contributed by atoms with Gasteiger partial charge in [0.1, 0.15) is 0 Å². The van der Waals surface area contributed by atoms with Gasteiger partial charge in [0.15, 0.2) is 0 Å². The van der Waals surface area contributed by atoms with E-state index in [2.05, 4.69) is 20.8 Å². The third-order valence-electron chi connectivity index (χ3n) is 6.35. The second-order valence-corrected chi connectivity index (χ2v) is 9.35. The highest BCUT2D eigenvalue weighted by atomic mass is 16.5. The molecular formula is C27H54N2O3. The Morgan fingerprint density at radius 3 is 1.34 bits per heavy atom. The molecule has 0 bridgehead atoms. The highest BCUT2D eigenvalue weighted by Gasteiger charge is 2.49. The van der Waals surface area contributed by atoms with Crippen LogP contribution in [0.15, 0.2) is 0 Å². The SMILES string of the molecule is CCCCCCCCCCCCC(OCC)(C(=O)N(C)CCCC)C(=O)N(C)CCCC. The van der Waals surface area contributed by atoms with Crippen LogP contribution in [0.2, 0.25) is 0 Å². The topological polar surface area (TPSA) is 49.9 Å². The van der Waals surface area contributed by atoms with Crippen molar-refractivity contribution >= 4 is 11.8 Å². The van der Waals surface area contributed by atoms with Gasteiger partial charge in [-0.05, 0) is 32.6 Å². The molecule has 0 radical (unpaired) electrons. The lowest BCUT2D eigenvalue weighted by atomic mass is 9.91. The van der Waals surface area contributed by atoms with Crippen molar-refractivity contribution in [2.75, 3.05) is 33.8 Å². The number of ether oxygens (including phenoxy) is 1. The van der Waals surface area contributed by atoms with Crippen molar-refractivity contribution in [2.24, 2.45) is 0 Å². The highest BCUT2D eigenvalue weighted by molar-refractivity contribution is 6.08. The summed E-state index contributed by atoms with van der Waals surface area (Å²) in [4.78, 5) is 30.5. The zero-order valence-corrected chi connectivity index (χ0v) is 22.3. The van der Waals surface area contributed by atoms with Crippen LogP contribution in [-0.4, -0.2) is 61.0 Å². The molecule has 0 fully saturated rings. The molecule has 0 unspecified atom stereocenters. The fraction of sp³-hybridized carbons (Fsp3) is 0.926. The number of amides is 2. The van der Waals surface area contributed by atoms with Gasteiger partial charge in [0, 0.05) is 33.8 Å². The molecule has 5 heteroatoms. The highest BCUT2D eigenvalue weighted by Crippen LogP contribution is 2.26. The van der Waals surface area contributed by atoms with Crippen LogP contribution >= 0.6 is 0 Å². The Kier molecular flexibility index (Phi) is 18.7. The molecule has 0 aromatic heterocycles. The van der Waals surface area contributed by atoms with E-state index in [1.807, 2.05) is 21.0 Å². The van der Waals surface area contributed by atoms with Gasteiger partial charge < -0.3 is 14.5 Å². The Labute approximate surface area is 199 Å². The summed E-state index contributed by atoms with van der Waals surface area (Å²) < 4.78 is 6.06. The van der Waals surface area contributed by atoms with Crippen LogP contribution in [0, 0.1) is 0 Å². The molecule has 32 heavy (non-hydrogen) atoms. The number of carbonyl (C=O) groups excluding carboxylic acids is 2. The second-order valence-electron chi connectivity index (χ2n) is 9.35. The monoisotopic (exact) mass is 454 g/mol. The van der Waals surface area contributed by atoms with Crippen LogP contribution in [-0.2, 0) is 14.3 Å². The van der Waals surface area contributed by atoms with Gasteiger partial charge in [-0.25, -0.2) is 0 Å². The number of rotatable bonds is 21. The minimum atomic E-state index is -1.38. The van der Waals surface area contributed by atoms with Crippen LogP contribution in [0.1, 0.15) is 124 Å². The smallest absolute Gasteiger partial charge is 0.264 e. The number of hydrogen-bond acceptors (Lipinski definition) is 3. The number of hydrogen-bond donors (Lipinski definition) is 0. The lowest BCUT2D eigenvalue weighted by Gasteiger charge is -2.37. The Morgan fingerprint density at radius 2 is 0.969 bits per heavy atom. The van der Waals surface area contributed by atoms with Crippen LogP contribution in [0.4, 0.5) is 0 Å². The molecule has 2 amide bonds. The summed E-state index contributed by atoms with van der Waals surface area (Å²) in [6.07, 6.45) is 16.6. The average molecular weight is 455 g/mol. The number of carbonyl (C=O) groups is 2. The quantitative estimate of drug-likeness (QED) is 0.145. The van der Waals surface area contributed by atoms with E-state index in [1.54, 1.807) is 9.80 Å². The second kappa shape index (κ2) is 19.4. The van der Waals surface area contributed by atoms with Crippen LogP contribution in [0.25, 0.3) is 0 Å². The molecule has 190 valence electrons. The number of unbranched alkanes of at least 4 members (excludes halogenated alkanes) is 11. The Bertz CT molecular complexity index is 456. The van der Waals surface area contributed by atoms with Gasteiger partial charge in [-0.1, -0.05) is 91.4 Å². The molecular weight excluding hydrogens is 400 g/mol. The van der Waals surface area contributed by atoms with E-state index in [0.717, 1.165) is 44.9 Å². The molecule has 0 N–H and O–H groups in total. The molecule has 0 aromatic carbocycles. The van der Waals surface area contributed by atoms with Crippen molar-refractivity contribution in [1.29, 1.82) is 0 Å². The van der Waals surface area contributed by atoms with Crippen molar-refractivity contribution in [3.63, 3.8) is 0 Å². The van der Waals surface area contributed by atoms with Gasteiger partial charge in [-0.2, -0.15) is 0 Å². The van der Waals surface area contributed by atoms with Gasteiger partial charge in [0.05, 0.1) is 0 Å². The molecule has 0 aromatic rings. The van der Waals surface area contributed by atoms with E-state index in [0.29, 0.717) is 26.1 Å². The van der Waals surface area contributed by atoms with E-state index < -0.39 is 5.60 Å². The molecule has 0 rings (SSSR count). The minimum Gasteiger partial charge on any atom is -0.356 e. The fourth-order valence-electron chi connectivity index (χ4n) is 4.22. The van der Waals surface area contributed by atoms with Crippen LogP contribution in [0.5, 0.6) is 0 Å². The van der Waals surface area contributed by atoms with Gasteiger partial charge >= 0.3 is 0 Å². The molecule has 0 aliphatic heterocycles. The average Bonchev–Trinajstić information content (AvgIpc) is 2.80. The summed E-state index contributed by atoms with van der Waals surface area (Å²) >= 11 is 0. The van der Waals surface area contributed by atoms with Gasteiger partial charge in [0.25, 0.3) is 11.8 Å². The van der Waals surface area contributed by atoms with Crippen molar-refractivity contribution in [2.45, 2.75) is 130 Å². The van der Waals surface area contributed by atoms with E-state index in [-0.39, 0.29) is 11.8 Å². The summed E-state index contributed by atoms with van der Waals surface area (Å²) in [7, 11) is 3.62. The lowest BCUT2D eigenvalue weighted by molar-refractivity contribution is -0.174. The Balaban J connectivity index is 5.03. The summed E-state index contributed by atoms with van der Waals surface area (Å²) in [6, 6.07) is 0. The van der Waals surface area contributed by atoms with Crippen molar-refractivity contribution in [3.8, 4) is 0 Å². The zero-order chi connectivity index (χ0) is 24.2. The zero-order valence-electron chi connectivity index (χ0n) is 22.3. The van der Waals surface area contributed by atoms with Crippen LogP contribution < -0.4 is 0 Å². The van der Waals surface area contributed by atoms with Crippen LogP contribution in [0.3, 0.4) is 0 Å². The van der Waals surface area contributed by atoms with E-state index in [9.17, 15) is 9.59 Å². The normalized spacial score (nSPS) is 11.6. The van der Waals surface area contributed by atoms with Crippen molar-refractivity contribution < 1.29 is 14.3 Å². The van der Waals surface area contributed by atoms with E-state index in [1.165, 1.54) is 44.9 Å². The summed E-state index contributed by atoms with van der Waals surface area (Å²) in [5.41, 5.74) is -1.38. The predicted molar refractivity (Wildman–Crippen MR) is 136 cm³/mol. The first kappa shape index (κ1) is 30.9. The van der Waals surface area contributed by atoms with Gasteiger partial charge in [-0.3, -0.25) is 9.59 Å². The molecule has 0 heterocycles. The standard InChI is InChI=1S/C27H54N2O3/c1-7-11-14-15-16-17-18-19-20-21-22-27(32-10-4,25(30)28(5)23-12-8-2)26(31)29(6)24-13-9-3/h7-24H2,1-6H3. The summed E-state index contributed by atoms with van der Waals surface area (Å²) in [5, 5.41) is 0.